The van der Waals surface area contributed by atoms with Crippen molar-refractivity contribution in [2.24, 2.45) is 11.7 Å². The number of hydrogen-bond acceptors (Lipinski definition) is 4. The van der Waals surface area contributed by atoms with Crippen LogP contribution >= 0.6 is 0 Å². The van der Waals surface area contributed by atoms with Crippen molar-refractivity contribution in [3.63, 3.8) is 0 Å². The number of nitrogens with one attached hydrogen (secondary N) is 1. The Morgan fingerprint density at radius 3 is 2.53 bits per heavy atom. The summed E-state index contributed by atoms with van der Waals surface area (Å²) in [7, 11) is 0. The molecule has 1 saturated carbocycles. The summed E-state index contributed by atoms with van der Waals surface area (Å²) in [5.41, 5.74) is 9.99. The van der Waals surface area contributed by atoms with Gasteiger partial charge in [0.25, 0.3) is 0 Å². The molecule has 2 fully saturated rings. The molecule has 1 saturated heterocycles. The molecule has 1 heterocycles. The van der Waals surface area contributed by atoms with Crippen LogP contribution in [0.1, 0.15) is 50.5 Å². The van der Waals surface area contributed by atoms with E-state index in [1.54, 1.807) is 0 Å². The normalized spacial score (nSPS) is 18.2. The van der Waals surface area contributed by atoms with Crippen LogP contribution in [0.2, 0.25) is 0 Å². The van der Waals surface area contributed by atoms with Crippen molar-refractivity contribution < 1.29 is 14.3 Å². The molecule has 160 valence electrons. The lowest BCUT2D eigenvalue weighted by atomic mass is 9.88. The molecule has 2 aromatic rings. The summed E-state index contributed by atoms with van der Waals surface area (Å²) < 4.78 is 11.6. The zero-order valence-electron chi connectivity index (χ0n) is 17.6. The van der Waals surface area contributed by atoms with Crippen molar-refractivity contribution in [1.82, 2.24) is 0 Å². The third-order valence-electron chi connectivity index (χ3n) is 6.18. The van der Waals surface area contributed by atoms with Gasteiger partial charge >= 0.3 is 0 Å². The molecule has 5 nitrogen and oxygen atoms in total. The molecular weight excluding hydrogens is 376 g/mol. The molecule has 0 atom stereocenters. The fourth-order valence-electron chi connectivity index (χ4n) is 4.39. The van der Waals surface area contributed by atoms with Gasteiger partial charge in [0.2, 0.25) is 5.91 Å². The monoisotopic (exact) mass is 408 g/mol. The zero-order valence-corrected chi connectivity index (χ0v) is 17.6. The van der Waals surface area contributed by atoms with E-state index in [0.717, 1.165) is 79.9 Å². The van der Waals surface area contributed by atoms with E-state index >= 15 is 0 Å². The Labute approximate surface area is 178 Å². The fraction of sp³-hybridized carbons (Fsp3) is 0.480. The van der Waals surface area contributed by atoms with Gasteiger partial charge in [-0.25, -0.2) is 0 Å². The van der Waals surface area contributed by atoms with Gasteiger partial charge in [-0.1, -0.05) is 37.5 Å². The Morgan fingerprint density at radius 1 is 1.00 bits per heavy atom. The molecule has 30 heavy (non-hydrogen) atoms. The molecular formula is C25H32N2O3. The van der Waals surface area contributed by atoms with Crippen LogP contribution in [0, 0.1) is 5.92 Å². The van der Waals surface area contributed by atoms with Crippen LogP contribution in [0.25, 0.3) is 11.1 Å². The van der Waals surface area contributed by atoms with Crippen LogP contribution in [0.15, 0.2) is 42.5 Å². The Balaban J connectivity index is 1.47. The van der Waals surface area contributed by atoms with Crippen molar-refractivity contribution in [3.8, 4) is 16.9 Å². The second-order valence-corrected chi connectivity index (χ2v) is 8.36. The lowest BCUT2D eigenvalue weighted by Gasteiger charge is -2.24. The molecule has 5 heteroatoms. The molecule has 1 amide bonds. The first-order valence-electron chi connectivity index (χ1n) is 11.2. The van der Waals surface area contributed by atoms with E-state index in [0.29, 0.717) is 6.54 Å². The average Bonchev–Trinajstić information content (AvgIpc) is 2.81. The number of hydrogen-bond donors (Lipinski definition) is 2. The summed E-state index contributed by atoms with van der Waals surface area (Å²) in [6.07, 6.45) is 7.57. The van der Waals surface area contributed by atoms with E-state index in [9.17, 15) is 4.79 Å². The topological polar surface area (TPSA) is 73.6 Å². The third-order valence-corrected chi connectivity index (χ3v) is 6.18. The Kier molecular flexibility index (Phi) is 7.03. The first-order chi connectivity index (χ1) is 14.7. The van der Waals surface area contributed by atoms with Crippen molar-refractivity contribution in [1.29, 1.82) is 0 Å². The van der Waals surface area contributed by atoms with Gasteiger partial charge in [-0.3, -0.25) is 4.79 Å². The Morgan fingerprint density at radius 2 is 1.77 bits per heavy atom. The fourth-order valence-corrected chi connectivity index (χ4v) is 4.39. The summed E-state index contributed by atoms with van der Waals surface area (Å²) in [4.78, 5) is 12.6. The standard InChI is InChI=1S/C25H32N2O3/c26-17-21-15-20(9-10-24(21)30-23-11-13-29-14-12-23)19-7-4-8-22(16-19)27-25(28)18-5-2-1-3-6-18/h4,7-10,15-16,18,23H,1-3,5-6,11-14,17,26H2,(H,27,28). The lowest BCUT2D eigenvalue weighted by Crippen LogP contribution is -2.26. The maximum absolute atomic E-state index is 12.6. The van der Waals surface area contributed by atoms with E-state index in [4.69, 9.17) is 15.2 Å². The minimum atomic E-state index is 0.146. The molecule has 0 spiro atoms. The molecule has 4 rings (SSSR count). The van der Waals surface area contributed by atoms with E-state index in [1.165, 1.54) is 6.42 Å². The van der Waals surface area contributed by atoms with Crippen LogP contribution in [0.4, 0.5) is 5.69 Å². The van der Waals surface area contributed by atoms with E-state index in [1.807, 2.05) is 24.3 Å². The highest BCUT2D eigenvalue weighted by Gasteiger charge is 2.21. The van der Waals surface area contributed by atoms with Crippen LogP contribution in [0.5, 0.6) is 5.75 Å². The van der Waals surface area contributed by atoms with Crippen molar-refractivity contribution in [2.45, 2.75) is 57.6 Å². The van der Waals surface area contributed by atoms with Crippen LogP contribution in [-0.4, -0.2) is 25.2 Å². The summed E-state index contributed by atoms with van der Waals surface area (Å²) in [5.74, 6) is 1.15. The van der Waals surface area contributed by atoms with Gasteiger partial charge in [0.1, 0.15) is 11.9 Å². The first kappa shape index (κ1) is 20.9. The zero-order chi connectivity index (χ0) is 20.8. The van der Waals surface area contributed by atoms with Crippen molar-refractivity contribution >= 4 is 11.6 Å². The van der Waals surface area contributed by atoms with Crippen LogP contribution < -0.4 is 15.8 Å². The Bertz CT molecular complexity index is 855. The number of rotatable bonds is 6. The Hall–Kier alpha value is -2.37. The molecule has 0 unspecified atom stereocenters. The molecule has 1 aliphatic heterocycles. The smallest absolute Gasteiger partial charge is 0.227 e. The summed E-state index contributed by atoms with van der Waals surface area (Å²) in [6, 6.07) is 14.2. The molecule has 0 radical (unpaired) electrons. The number of carbonyl (C=O) groups excluding carboxylic acids is 1. The number of carbonyl (C=O) groups is 1. The number of nitrogens with two attached hydrogens (primary N) is 1. The van der Waals surface area contributed by atoms with E-state index in [2.05, 4.69) is 23.5 Å². The highest BCUT2D eigenvalue weighted by atomic mass is 16.5. The largest absolute Gasteiger partial charge is 0.490 e. The van der Waals surface area contributed by atoms with Crippen LogP contribution in [0.3, 0.4) is 0 Å². The SMILES string of the molecule is NCc1cc(-c2cccc(NC(=O)C3CCCCC3)c2)ccc1OC1CCOCC1. The minimum absolute atomic E-state index is 0.146. The number of ether oxygens (including phenoxy) is 2. The molecule has 0 aromatic heterocycles. The van der Waals surface area contributed by atoms with Gasteiger partial charge in [-0.15, -0.1) is 0 Å². The van der Waals surface area contributed by atoms with Gasteiger partial charge < -0.3 is 20.5 Å². The number of amides is 1. The van der Waals surface area contributed by atoms with E-state index < -0.39 is 0 Å². The van der Waals surface area contributed by atoms with Gasteiger partial charge in [0.05, 0.1) is 13.2 Å². The predicted octanol–water partition coefficient (Wildman–Crippen LogP) is 4.89. The lowest BCUT2D eigenvalue weighted by molar-refractivity contribution is -0.120. The number of benzene rings is 2. The summed E-state index contributed by atoms with van der Waals surface area (Å²) in [6.45, 7) is 1.92. The highest BCUT2D eigenvalue weighted by molar-refractivity contribution is 5.93. The van der Waals surface area contributed by atoms with Crippen LogP contribution in [-0.2, 0) is 16.1 Å². The maximum atomic E-state index is 12.6. The maximum Gasteiger partial charge on any atom is 0.227 e. The average molecular weight is 409 g/mol. The van der Waals surface area contributed by atoms with Crippen molar-refractivity contribution in [2.75, 3.05) is 18.5 Å². The highest BCUT2D eigenvalue weighted by Crippen LogP contribution is 2.30. The molecule has 2 aliphatic rings. The summed E-state index contributed by atoms with van der Waals surface area (Å²) in [5, 5.41) is 3.12. The molecule has 3 N–H and O–H groups in total. The second kappa shape index (κ2) is 10.1. The molecule has 2 aromatic carbocycles. The van der Waals surface area contributed by atoms with E-state index in [-0.39, 0.29) is 17.9 Å². The van der Waals surface area contributed by atoms with Crippen molar-refractivity contribution in [3.05, 3.63) is 48.0 Å². The molecule has 1 aliphatic carbocycles. The summed E-state index contributed by atoms with van der Waals surface area (Å²) >= 11 is 0. The van der Waals surface area contributed by atoms with Gasteiger partial charge in [-0.2, -0.15) is 0 Å². The van der Waals surface area contributed by atoms with Gasteiger partial charge in [0, 0.05) is 36.6 Å². The third kappa shape index (κ3) is 5.21. The van der Waals surface area contributed by atoms with Gasteiger partial charge in [0.15, 0.2) is 0 Å². The predicted molar refractivity (Wildman–Crippen MR) is 119 cm³/mol. The number of anilines is 1. The quantitative estimate of drug-likeness (QED) is 0.714. The first-order valence-corrected chi connectivity index (χ1v) is 11.2. The second-order valence-electron chi connectivity index (χ2n) is 8.36. The molecule has 0 bridgehead atoms. The van der Waals surface area contributed by atoms with Gasteiger partial charge in [-0.05, 0) is 48.2 Å². The minimum Gasteiger partial charge on any atom is -0.490 e.